The second-order valence-electron chi connectivity index (χ2n) is 6.35. The normalized spacial score (nSPS) is 24.4. The molecule has 5 heterocycles. The Kier molecular flexibility index (Phi) is 4.13. The maximum absolute atomic E-state index is 13.8. The number of pyridine rings is 2. The van der Waals surface area contributed by atoms with Crippen molar-refractivity contribution in [1.29, 1.82) is 0 Å². The van der Waals surface area contributed by atoms with Gasteiger partial charge < -0.3 is 0 Å². The fourth-order valence-electron chi connectivity index (χ4n) is 3.67. The molecule has 2 atom stereocenters. The van der Waals surface area contributed by atoms with Crippen molar-refractivity contribution in [2.75, 3.05) is 13.1 Å². The lowest BCUT2D eigenvalue weighted by atomic mass is 9.87. The van der Waals surface area contributed by atoms with Gasteiger partial charge in [-0.2, -0.15) is 0 Å². The first kappa shape index (κ1) is 15.2. The molecule has 6 heteroatoms. The molecule has 0 aromatic carbocycles. The minimum atomic E-state index is -0.200. The zero-order chi connectivity index (χ0) is 15.8. The first-order chi connectivity index (χ1) is 11.2. The Morgan fingerprint density at radius 3 is 2.78 bits per heavy atom. The Labute approximate surface area is 143 Å². The second kappa shape index (κ2) is 6.26. The van der Waals surface area contributed by atoms with Gasteiger partial charge in [-0.3, -0.25) is 19.8 Å². The summed E-state index contributed by atoms with van der Waals surface area (Å²) < 4.78 is 14.8. The van der Waals surface area contributed by atoms with Crippen molar-refractivity contribution in [3.05, 3.63) is 58.3 Å². The molecule has 120 valence electrons. The molecule has 0 radical (unpaired) electrons. The van der Waals surface area contributed by atoms with E-state index in [4.69, 9.17) is 0 Å². The average Bonchev–Trinajstić information content (AvgIpc) is 2.54. The summed E-state index contributed by atoms with van der Waals surface area (Å²) in [4.78, 5) is 13.3. The third kappa shape index (κ3) is 3.16. The van der Waals surface area contributed by atoms with Crippen LogP contribution < -0.4 is 0 Å². The van der Waals surface area contributed by atoms with E-state index in [-0.39, 0.29) is 5.82 Å². The predicted octanol–water partition coefficient (Wildman–Crippen LogP) is 2.84. The highest BCUT2D eigenvalue weighted by atomic mass is 79.9. The van der Waals surface area contributed by atoms with Gasteiger partial charge in [0.1, 0.15) is 5.82 Å². The highest BCUT2D eigenvalue weighted by molar-refractivity contribution is 9.10. The predicted molar refractivity (Wildman–Crippen MR) is 89.1 cm³/mol. The smallest absolute Gasteiger partial charge is 0.146 e. The fourth-order valence-corrected chi connectivity index (χ4v) is 4.08. The van der Waals surface area contributed by atoms with Gasteiger partial charge in [0.15, 0.2) is 0 Å². The lowest BCUT2D eigenvalue weighted by Gasteiger charge is -2.56. The molecule has 0 saturated carbocycles. The van der Waals surface area contributed by atoms with E-state index in [0.29, 0.717) is 24.3 Å². The Morgan fingerprint density at radius 2 is 2.04 bits per heavy atom. The van der Waals surface area contributed by atoms with Crippen molar-refractivity contribution >= 4 is 15.9 Å². The monoisotopic (exact) mass is 376 g/mol. The van der Waals surface area contributed by atoms with Crippen LogP contribution in [0.25, 0.3) is 0 Å². The Morgan fingerprint density at radius 1 is 1.22 bits per heavy atom. The van der Waals surface area contributed by atoms with Gasteiger partial charge in [-0.1, -0.05) is 0 Å². The van der Waals surface area contributed by atoms with E-state index in [1.54, 1.807) is 18.5 Å². The minimum absolute atomic E-state index is 0.200. The van der Waals surface area contributed by atoms with Gasteiger partial charge >= 0.3 is 0 Å². The molecule has 2 aromatic heterocycles. The highest BCUT2D eigenvalue weighted by Crippen LogP contribution is 2.34. The molecule has 3 saturated heterocycles. The van der Waals surface area contributed by atoms with Crippen molar-refractivity contribution in [3.63, 3.8) is 0 Å². The van der Waals surface area contributed by atoms with Gasteiger partial charge in [-0.15, -0.1) is 0 Å². The van der Waals surface area contributed by atoms with E-state index in [1.165, 1.54) is 18.1 Å². The molecule has 0 amide bonds. The number of rotatable bonds is 4. The summed E-state index contributed by atoms with van der Waals surface area (Å²) in [6, 6.07) is 6.27. The quantitative estimate of drug-likeness (QED) is 0.821. The number of fused-ring (bicyclic) bond motifs is 2. The van der Waals surface area contributed by atoms with E-state index >= 15 is 0 Å². The maximum atomic E-state index is 13.8. The van der Waals surface area contributed by atoms with Crippen molar-refractivity contribution < 1.29 is 4.39 Å². The number of aromatic nitrogens is 2. The minimum Gasteiger partial charge on any atom is -0.296 e. The van der Waals surface area contributed by atoms with Gasteiger partial charge in [0, 0.05) is 61.3 Å². The van der Waals surface area contributed by atoms with Crippen LogP contribution in [0.1, 0.15) is 17.7 Å². The summed E-state index contributed by atoms with van der Waals surface area (Å²) in [5, 5.41) is 0. The fraction of sp³-hybridized carbons (Fsp3) is 0.412. The molecule has 2 aromatic rings. The molecule has 3 aliphatic heterocycles. The van der Waals surface area contributed by atoms with Gasteiger partial charge in [-0.25, -0.2) is 4.39 Å². The standard InChI is InChI=1S/C17H18BrFN4/c18-13-4-12(6-20-7-13)8-22-9-14-5-15(10-22)23(14)11-17-16(19)2-1-3-21-17/h1-4,6-7,14-15H,5,8-11H2. The Bertz CT molecular complexity index is 698. The largest absolute Gasteiger partial charge is 0.296 e. The lowest BCUT2D eigenvalue weighted by Crippen LogP contribution is -2.67. The van der Waals surface area contributed by atoms with Crippen LogP contribution in [0.3, 0.4) is 0 Å². The van der Waals surface area contributed by atoms with Crippen LogP contribution in [0, 0.1) is 5.82 Å². The zero-order valence-corrected chi connectivity index (χ0v) is 14.3. The topological polar surface area (TPSA) is 32.3 Å². The number of nitrogens with zero attached hydrogens (tertiary/aromatic N) is 4. The number of piperazine rings is 1. The van der Waals surface area contributed by atoms with Crippen molar-refractivity contribution in [1.82, 2.24) is 19.8 Å². The van der Waals surface area contributed by atoms with Gasteiger partial charge in [0.25, 0.3) is 0 Å². The molecule has 4 nitrogen and oxygen atoms in total. The van der Waals surface area contributed by atoms with E-state index < -0.39 is 0 Å². The van der Waals surface area contributed by atoms with E-state index in [1.807, 2.05) is 6.20 Å². The molecule has 0 aliphatic carbocycles. The zero-order valence-electron chi connectivity index (χ0n) is 12.7. The Balaban J connectivity index is 1.38. The summed E-state index contributed by atoms with van der Waals surface area (Å²) in [6.07, 6.45) is 6.61. The summed E-state index contributed by atoms with van der Waals surface area (Å²) in [5.74, 6) is -0.200. The molecule has 23 heavy (non-hydrogen) atoms. The maximum Gasteiger partial charge on any atom is 0.146 e. The molecule has 2 unspecified atom stereocenters. The lowest BCUT2D eigenvalue weighted by molar-refractivity contribution is -0.0786. The Hall–Kier alpha value is -1.37. The van der Waals surface area contributed by atoms with Crippen LogP contribution in [-0.4, -0.2) is 44.9 Å². The first-order valence-electron chi connectivity index (χ1n) is 7.86. The molecule has 3 fully saturated rings. The van der Waals surface area contributed by atoms with Gasteiger partial charge in [-0.05, 0) is 46.1 Å². The van der Waals surface area contributed by atoms with Gasteiger partial charge in [0.05, 0.1) is 5.69 Å². The molecule has 0 N–H and O–H groups in total. The van der Waals surface area contributed by atoms with Crippen LogP contribution in [0.5, 0.6) is 0 Å². The van der Waals surface area contributed by atoms with E-state index in [9.17, 15) is 4.39 Å². The summed E-state index contributed by atoms with van der Waals surface area (Å²) in [5.41, 5.74) is 1.79. The number of hydrogen-bond acceptors (Lipinski definition) is 4. The highest BCUT2D eigenvalue weighted by Gasteiger charge is 2.44. The number of piperidine rings is 1. The first-order valence-corrected chi connectivity index (χ1v) is 8.65. The summed E-state index contributed by atoms with van der Waals surface area (Å²) in [6.45, 7) is 3.59. The van der Waals surface area contributed by atoms with Crippen LogP contribution in [0.4, 0.5) is 4.39 Å². The molecular weight excluding hydrogens is 359 g/mol. The molecule has 5 rings (SSSR count). The third-order valence-corrected chi connectivity index (χ3v) is 5.19. The average molecular weight is 377 g/mol. The van der Waals surface area contributed by atoms with E-state index in [2.05, 4.69) is 41.8 Å². The summed E-state index contributed by atoms with van der Waals surface area (Å²) in [7, 11) is 0. The van der Waals surface area contributed by atoms with Crippen LogP contribution in [-0.2, 0) is 13.1 Å². The van der Waals surface area contributed by atoms with Gasteiger partial charge in [0.2, 0.25) is 0 Å². The summed E-state index contributed by atoms with van der Waals surface area (Å²) >= 11 is 3.47. The van der Waals surface area contributed by atoms with Crippen LogP contribution in [0.2, 0.25) is 0 Å². The van der Waals surface area contributed by atoms with E-state index in [0.717, 1.165) is 24.1 Å². The van der Waals surface area contributed by atoms with Crippen LogP contribution >= 0.6 is 15.9 Å². The van der Waals surface area contributed by atoms with Crippen molar-refractivity contribution in [2.45, 2.75) is 31.6 Å². The van der Waals surface area contributed by atoms with Crippen molar-refractivity contribution in [3.8, 4) is 0 Å². The third-order valence-electron chi connectivity index (χ3n) is 4.75. The molecule has 2 bridgehead atoms. The van der Waals surface area contributed by atoms with Crippen LogP contribution in [0.15, 0.2) is 41.3 Å². The number of halogens is 2. The van der Waals surface area contributed by atoms with Crippen molar-refractivity contribution in [2.24, 2.45) is 0 Å². The molecular formula is C17H18BrFN4. The molecule has 3 aliphatic rings. The second-order valence-corrected chi connectivity index (χ2v) is 7.27. The number of hydrogen-bond donors (Lipinski definition) is 0. The molecule has 0 spiro atoms. The SMILES string of the molecule is Fc1cccnc1CN1C2CC1CN(Cc1cncc(Br)c1)C2.